The van der Waals surface area contributed by atoms with Crippen LogP contribution >= 0.6 is 0 Å². The fraction of sp³-hybridized carbons (Fsp3) is 0.500. The Morgan fingerprint density at radius 2 is 2.07 bits per heavy atom. The normalized spacial score (nSPS) is 11.4. The molecule has 2 heteroatoms. The third kappa shape index (κ3) is 3.79. The van der Waals surface area contributed by atoms with Crippen LogP contribution in [0.4, 0.5) is 5.69 Å². The minimum atomic E-state index is -0.164. The number of benzene rings is 1. The van der Waals surface area contributed by atoms with Crippen molar-refractivity contribution in [1.29, 1.82) is 0 Å². The van der Waals surface area contributed by atoms with Crippen LogP contribution in [0.15, 0.2) is 24.3 Å². The molecule has 0 aliphatic rings. The Labute approximate surface area is 86.5 Å². The quantitative estimate of drug-likeness (QED) is 0.768. The summed E-state index contributed by atoms with van der Waals surface area (Å²) in [6.07, 6.45) is 1.07. The van der Waals surface area contributed by atoms with Gasteiger partial charge in [-0.3, -0.25) is 0 Å². The third-order valence-corrected chi connectivity index (χ3v) is 2.08. The molecule has 0 heterocycles. The first-order valence-electron chi connectivity index (χ1n) is 5.13. The lowest BCUT2D eigenvalue weighted by atomic mass is 10.1. The maximum atomic E-state index is 5.89. The van der Waals surface area contributed by atoms with Crippen molar-refractivity contribution in [2.45, 2.75) is 32.7 Å². The van der Waals surface area contributed by atoms with E-state index in [4.69, 9.17) is 5.73 Å². The van der Waals surface area contributed by atoms with E-state index in [1.165, 1.54) is 5.56 Å². The minimum Gasteiger partial charge on any atom is -0.383 e. The van der Waals surface area contributed by atoms with E-state index < -0.39 is 0 Å². The van der Waals surface area contributed by atoms with Crippen molar-refractivity contribution in [2.24, 2.45) is 5.73 Å². The summed E-state index contributed by atoms with van der Waals surface area (Å²) in [4.78, 5) is 0. The second-order valence-electron chi connectivity index (χ2n) is 4.40. The highest BCUT2D eigenvalue weighted by atomic mass is 14.9. The molecule has 1 aromatic rings. The van der Waals surface area contributed by atoms with Gasteiger partial charge in [-0.1, -0.05) is 19.1 Å². The zero-order chi connectivity index (χ0) is 10.6. The molecule has 0 saturated heterocycles. The predicted octanol–water partition coefficient (Wildman–Crippen LogP) is 2.40. The van der Waals surface area contributed by atoms with Crippen LogP contribution in [0, 0.1) is 0 Å². The van der Waals surface area contributed by atoms with Crippen LogP contribution < -0.4 is 11.1 Å². The molecule has 1 aromatic carbocycles. The first-order valence-corrected chi connectivity index (χ1v) is 5.13. The van der Waals surface area contributed by atoms with E-state index in [9.17, 15) is 0 Å². The average Bonchev–Trinajstić information content (AvgIpc) is 2.14. The third-order valence-electron chi connectivity index (χ3n) is 2.08. The number of hydrogen-bond acceptors (Lipinski definition) is 2. The molecule has 0 unspecified atom stereocenters. The topological polar surface area (TPSA) is 38.0 Å². The monoisotopic (exact) mass is 192 g/mol. The van der Waals surface area contributed by atoms with Crippen LogP contribution in [-0.2, 0) is 6.42 Å². The van der Waals surface area contributed by atoms with Crippen molar-refractivity contribution in [3.8, 4) is 0 Å². The van der Waals surface area contributed by atoms with E-state index in [0.29, 0.717) is 0 Å². The molecule has 0 bridgehead atoms. The number of anilines is 1. The summed E-state index contributed by atoms with van der Waals surface area (Å²) in [6, 6.07) is 8.46. The molecule has 14 heavy (non-hydrogen) atoms. The number of nitrogens with one attached hydrogen (secondary N) is 1. The van der Waals surface area contributed by atoms with Crippen LogP contribution in [0.5, 0.6) is 0 Å². The lowest BCUT2D eigenvalue weighted by Gasteiger charge is -2.20. The molecular weight excluding hydrogens is 172 g/mol. The molecule has 0 atom stereocenters. The van der Waals surface area contributed by atoms with E-state index in [1.54, 1.807) is 0 Å². The van der Waals surface area contributed by atoms with Crippen molar-refractivity contribution in [3.63, 3.8) is 0 Å². The summed E-state index contributed by atoms with van der Waals surface area (Å²) >= 11 is 0. The standard InChI is InChI=1S/C12H20N2/c1-4-10-6-5-7-11(8-10)14-9-12(2,3)13/h5-8,14H,4,9,13H2,1-3H3. The fourth-order valence-electron chi connectivity index (χ4n) is 1.23. The SMILES string of the molecule is CCc1cccc(NCC(C)(C)N)c1. The smallest absolute Gasteiger partial charge is 0.0343 e. The number of nitrogens with two attached hydrogens (primary N) is 1. The molecule has 0 spiro atoms. The van der Waals surface area contributed by atoms with Crippen LogP contribution in [0.2, 0.25) is 0 Å². The van der Waals surface area contributed by atoms with E-state index in [1.807, 2.05) is 13.8 Å². The summed E-state index contributed by atoms with van der Waals surface area (Å²) in [5.41, 5.74) is 8.23. The van der Waals surface area contributed by atoms with Gasteiger partial charge >= 0.3 is 0 Å². The van der Waals surface area contributed by atoms with E-state index >= 15 is 0 Å². The first-order chi connectivity index (χ1) is 6.51. The van der Waals surface area contributed by atoms with Crippen LogP contribution in [0.3, 0.4) is 0 Å². The van der Waals surface area contributed by atoms with Crippen LogP contribution in [0.25, 0.3) is 0 Å². The number of aryl methyl sites for hydroxylation is 1. The molecule has 2 nitrogen and oxygen atoms in total. The molecule has 0 fully saturated rings. The number of hydrogen-bond donors (Lipinski definition) is 2. The molecule has 0 saturated carbocycles. The van der Waals surface area contributed by atoms with Crippen molar-refractivity contribution < 1.29 is 0 Å². The van der Waals surface area contributed by atoms with Crippen molar-refractivity contribution in [2.75, 3.05) is 11.9 Å². The largest absolute Gasteiger partial charge is 0.383 e. The van der Waals surface area contributed by atoms with Gasteiger partial charge in [0, 0.05) is 17.8 Å². The maximum absolute atomic E-state index is 5.89. The van der Waals surface area contributed by atoms with Gasteiger partial charge in [-0.2, -0.15) is 0 Å². The highest BCUT2D eigenvalue weighted by molar-refractivity contribution is 5.46. The Hall–Kier alpha value is -1.02. The molecule has 0 aromatic heterocycles. The van der Waals surface area contributed by atoms with Crippen molar-refractivity contribution in [1.82, 2.24) is 0 Å². The molecule has 78 valence electrons. The zero-order valence-electron chi connectivity index (χ0n) is 9.30. The van der Waals surface area contributed by atoms with Crippen LogP contribution in [0.1, 0.15) is 26.3 Å². The van der Waals surface area contributed by atoms with E-state index in [-0.39, 0.29) is 5.54 Å². The minimum absolute atomic E-state index is 0.164. The van der Waals surface area contributed by atoms with Crippen molar-refractivity contribution >= 4 is 5.69 Å². The molecule has 3 N–H and O–H groups in total. The Kier molecular flexibility index (Phi) is 3.53. The fourth-order valence-corrected chi connectivity index (χ4v) is 1.23. The van der Waals surface area contributed by atoms with Gasteiger partial charge < -0.3 is 11.1 Å². The Bertz CT molecular complexity index is 287. The number of rotatable bonds is 4. The first kappa shape index (κ1) is 11.1. The van der Waals surface area contributed by atoms with E-state index in [0.717, 1.165) is 18.7 Å². The molecule has 0 aliphatic carbocycles. The van der Waals surface area contributed by atoms with Gasteiger partial charge in [0.15, 0.2) is 0 Å². The van der Waals surface area contributed by atoms with Gasteiger partial charge in [0.2, 0.25) is 0 Å². The molecule has 0 amide bonds. The van der Waals surface area contributed by atoms with E-state index in [2.05, 4.69) is 36.5 Å². The highest BCUT2D eigenvalue weighted by Gasteiger charge is 2.09. The molecule has 0 radical (unpaired) electrons. The molecular formula is C12H20N2. The highest BCUT2D eigenvalue weighted by Crippen LogP contribution is 2.11. The van der Waals surface area contributed by atoms with Crippen molar-refractivity contribution in [3.05, 3.63) is 29.8 Å². The lowest BCUT2D eigenvalue weighted by molar-refractivity contribution is 0.549. The Morgan fingerprint density at radius 1 is 1.36 bits per heavy atom. The Morgan fingerprint density at radius 3 is 2.64 bits per heavy atom. The molecule has 0 aliphatic heterocycles. The summed E-state index contributed by atoms with van der Waals surface area (Å²) < 4.78 is 0. The zero-order valence-corrected chi connectivity index (χ0v) is 9.30. The lowest BCUT2D eigenvalue weighted by Crippen LogP contribution is -2.39. The van der Waals surface area contributed by atoms with Gasteiger partial charge in [0.05, 0.1) is 0 Å². The summed E-state index contributed by atoms with van der Waals surface area (Å²) in [5, 5.41) is 3.33. The summed E-state index contributed by atoms with van der Waals surface area (Å²) in [7, 11) is 0. The maximum Gasteiger partial charge on any atom is 0.0343 e. The predicted molar refractivity (Wildman–Crippen MR) is 62.6 cm³/mol. The average molecular weight is 192 g/mol. The van der Waals surface area contributed by atoms with Gasteiger partial charge in [-0.25, -0.2) is 0 Å². The van der Waals surface area contributed by atoms with Crippen LogP contribution in [-0.4, -0.2) is 12.1 Å². The Balaban J connectivity index is 2.59. The van der Waals surface area contributed by atoms with Gasteiger partial charge in [-0.15, -0.1) is 0 Å². The van der Waals surface area contributed by atoms with Gasteiger partial charge in [0.1, 0.15) is 0 Å². The molecule has 1 rings (SSSR count). The second kappa shape index (κ2) is 4.47. The summed E-state index contributed by atoms with van der Waals surface area (Å²) in [5.74, 6) is 0. The summed E-state index contributed by atoms with van der Waals surface area (Å²) in [6.45, 7) is 6.99. The second-order valence-corrected chi connectivity index (χ2v) is 4.40. The van der Waals surface area contributed by atoms with Gasteiger partial charge in [0.25, 0.3) is 0 Å². The van der Waals surface area contributed by atoms with Gasteiger partial charge in [-0.05, 0) is 38.0 Å².